The molecule has 3 heteroatoms. The molecule has 3 unspecified atom stereocenters. The third kappa shape index (κ3) is 2.90. The first-order chi connectivity index (χ1) is 8.20. The third-order valence-corrected chi connectivity index (χ3v) is 3.66. The van der Waals surface area contributed by atoms with Gasteiger partial charge in [-0.3, -0.25) is 0 Å². The Balaban J connectivity index is 1.99. The lowest BCUT2D eigenvalue weighted by molar-refractivity contribution is 0.0203. The van der Waals surface area contributed by atoms with Crippen molar-refractivity contribution in [1.82, 2.24) is 0 Å². The first-order valence-corrected chi connectivity index (χ1v) is 6.46. The van der Waals surface area contributed by atoms with Gasteiger partial charge in [0.2, 0.25) is 0 Å². The minimum atomic E-state index is -0.178. The molecule has 2 nitrogen and oxygen atoms in total. The number of hydrogen-bond donors (Lipinski definition) is 0. The van der Waals surface area contributed by atoms with Crippen molar-refractivity contribution in [3.63, 3.8) is 0 Å². The summed E-state index contributed by atoms with van der Waals surface area (Å²) in [5, 5.41) is 0. The molecule has 0 spiro atoms. The van der Waals surface area contributed by atoms with Crippen molar-refractivity contribution in [2.75, 3.05) is 0 Å². The first-order valence-electron chi connectivity index (χ1n) is 6.46. The van der Waals surface area contributed by atoms with Crippen molar-refractivity contribution in [2.24, 2.45) is 5.92 Å². The summed E-state index contributed by atoms with van der Waals surface area (Å²) in [6, 6.07) is 9.25. The number of carbonyl (C=O) groups is 1. The molecule has 0 radical (unpaired) electrons. The van der Waals surface area contributed by atoms with E-state index >= 15 is 0 Å². The standard InChI is InChI=1S/C14H19BO2/c1-2-10-8-12(15)9-13(10)17-14(16)11-6-4-3-5-7-11/h3-7,10,12-13H,2,8-9,15H2,1H3. The van der Waals surface area contributed by atoms with Gasteiger partial charge in [-0.05, 0) is 30.9 Å². The SMILES string of the molecule is BC1CC(CC)C(OC(=O)c2ccccc2)C1. The Bertz CT molecular complexity index is 377. The van der Waals surface area contributed by atoms with Gasteiger partial charge in [-0.2, -0.15) is 0 Å². The predicted octanol–water partition coefficient (Wildman–Crippen LogP) is 2.45. The molecule has 90 valence electrons. The molecule has 0 heterocycles. The Hall–Kier alpha value is -1.25. The van der Waals surface area contributed by atoms with E-state index in [1.54, 1.807) is 0 Å². The normalized spacial score (nSPS) is 27.9. The highest BCUT2D eigenvalue weighted by Gasteiger charge is 2.33. The van der Waals surface area contributed by atoms with Gasteiger partial charge in [0.25, 0.3) is 0 Å². The van der Waals surface area contributed by atoms with Crippen LogP contribution in [0, 0.1) is 5.92 Å². The smallest absolute Gasteiger partial charge is 0.338 e. The average molecular weight is 230 g/mol. The fourth-order valence-electron chi connectivity index (χ4n) is 2.71. The van der Waals surface area contributed by atoms with E-state index in [1.165, 1.54) is 6.42 Å². The van der Waals surface area contributed by atoms with Crippen LogP contribution in [0.5, 0.6) is 0 Å². The predicted molar refractivity (Wildman–Crippen MR) is 71.0 cm³/mol. The van der Waals surface area contributed by atoms with Crippen LogP contribution in [0.4, 0.5) is 0 Å². The highest BCUT2D eigenvalue weighted by molar-refractivity contribution is 6.11. The summed E-state index contributed by atoms with van der Waals surface area (Å²) in [6.45, 7) is 2.17. The van der Waals surface area contributed by atoms with Crippen molar-refractivity contribution in [1.29, 1.82) is 0 Å². The number of hydrogen-bond acceptors (Lipinski definition) is 2. The molecule has 0 aliphatic heterocycles. The highest BCUT2D eigenvalue weighted by Crippen LogP contribution is 2.37. The van der Waals surface area contributed by atoms with Crippen molar-refractivity contribution < 1.29 is 9.53 Å². The molecular formula is C14H19BO2. The Morgan fingerprint density at radius 3 is 2.71 bits per heavy atom. The van der Waals surface area contributed by atoms with Crippen molar-refractivity contribution in [3.8, 4) is 0 Å². The summed E-state index contributed by atoms with van der Waals surface area (Å²) in [7, 11) is 2.24. The number of esters is 1. The molecular weight excluding hydrogens is 211 g/mol. The van der Waals surface area contributed by atoms with E-state index < -0.39 is 0 Å². The van der Waals surface area contributed by atoms with E-state index in [-0.39, 0.29) is 12.1 Å². The van der Waals surface area contributed by atoms with Gasteiger partial charge >= 0.3 is 5.97 Å². The summed E-state index contributed by atoms with van der Waals surface area (Å²) >= 11 is 0. The van der Waals surface area contributed by atoms with E-state index in [0.29, 0.717) is 17.3 Å². The molecule has 1 aromatic carbocycles. The molecule has 1 aromatic rings. The molecule has 0 saturated heterocycles. The molecule has 1 aliphatic rings. The van der Waals surface area contributed by atoms with Crippen LogP contribution in [0.25, 0.3) is 0 Å². The lowest BCUT2D eigenvalue weighted by atomic mass is 9.85. The molecule has 0 bridgehead atoms. The molecule has 0 N–H and O–H groups in total. The lowest BCUT2D eigenvalue weighted by Gasteiger charge is -2.18. The number of benzene rings is 1. The molecule has 2 rings (SSSR count). The van der Waals surface area contributed by atoms with Gasteiger partial charge in [0, 0.05) is 0 Å². The van der Waals surface area contributed by atoms with Crippen LogP contribution in [-0.2, 0) is 4.74 Å². The highest BCUT2D eigenvalue weighted by atomic mass is 16.5. The van der Waals surface area contributed by atoms with Crippen LogP contribution < -0.4 is 0 Å². The molecule has 3 atom stereocenters. The minimum Gasteiger partial charge on any atom is -0.459 e. The van der Waals surface area contributed by atoms with Crippen LogP contribution in [0.1, 0.15) is 36.5 Å². The summed E-state index contributed by atoms with van der Waals surface area (Å²) in [5.74, 6) is 1.04. The van der Waals surface area contributed by atoms with Crippen LogP contribution in [-0.4, -0.2) is 19.9 Å². The molecule has 1 aliphatic carbocycles. The zero-order valence-electron chi connectivity index (χ0n) is 10.6. The molecule has 1 saturated carbocycles. The average Bonchev–Trinajstić information content (AvgIpc) is 2.70. The van der Waals surface area contributed by atoms with Crippen LogP contribution in [0.3, 0.4) is 0 Å². The summed E-state index contributed by atoms with van der Waals surface area (Å²) < 4.78 is 5.63. The molecule has 0 amide bonds. The maximum atomic E-state index is 11.9. The second-order valence-corrected chi connectivity index (χ2v) is 5.05. The minimum absolute atomic E-state index is 0.114. The lowest BCUT2D eigenvalue weighted by Crippen LogP contribution is -2.21. The van der Waals surface area contributed by atoms with E-state index in [0.717, 1.165) is 12.8 Å². The zero-order valence-corrected chi connectivity index (χ0v) is 10.6. The van der Waals surface area contributed by atoms with Crippen LogP contribution in [0.15, 0.2) is 30.3 Å². The molecule has 0 aromatic heterocycles. The fourth-order valence-corrected chi connectivity index (χ4v) is 2.71. The van der Waals surface area contributed by atoms with Gasteiger partial charge in [-0.15, -0.1) is 0 Å². The van der Waals surface area contributed by atoms with E-state index in [1.807, 2.05) is 30.3 Å². The summed E-state index contributed by atoms with van der Waals surface area (Å²) in [6.07, 6.45) is 3.40. The Kier molecular flexibility index (Phi) is 3.87. The largest absolute Gasteiger partial charge is 0.459 e. The maximum absolute atomic E-state index is 11.9. The van der Waals surface area contributed by atoms with Gasteiger partial charge in [0.1, 0.15) is 14.0 Å². The Labute approximate surface area is 104 Å². The van der Waals surface area contributed by atoms with Crippen molar-refractivity contribution in [3.05, 3.63) is 35.9 Å². The Morgan fingerprint density at radius 2 is 2.06 bits per heavy atom. The number of carbonyl (C=O) groups excluding carboxylic acids is 1. The number of rotatable bonds is 3. The van der Waals surface area contributed by atoms with Gasteiger partial charge in [0.05, 0.1) is 5.56 Å². The third-order valence-electron chi connectivity index (χ3n) is 3.66. The second kappa shape index (κ2) is 5.39. The van der Waals surface area contributed by atoms with Crippen molar-refractivity contribution >= 4 is 13.8 Å². The van der Waals surface area contributed by atoms with Gasteiger partial charge < -0.3 is 4.74 Å². The zero-order chi connectivity index (χ0) is 12.3. The number of ether oxygens (including phenoxy) is 1. The van der Waals surface area contributed by atoms with Gasteiger partial charge in [0.15, 0.2) is 0 Å². The molecule has 17 heavy (non-hydrogen) atoms. The topological polar surface area (TPSA) is 26.3 Å². The van der Waals surface area contributed by atoms with Crippen LogP contribution in [0.2, 0.25) is 5.82 Å². The van der Waals surface area contributed by atoms with Gasteiger partial charge in [-0.25, -0.2) is 4.79 Å². The first kappa shape index (κ1) is 12.2. The maximum Gasteiger partial charge on any atom is 0.338 e. The van der Waals surface area contributed by atoms with Gasteiger partial charge in [-0.1, -0.05) is 37.4 Å². The van der Waals surface area contributed by atoms with Crippen LogP contribution >= 0.6 is 0 Å². The quantitative estimate of drug-likeness (QED) is 0.588. The fraction of sp³-hybridized carbons (Fsp3) is 0.500. The van der Waals surface area contributed by atoms with E-state index in [4.69, 9.17) is 4.74 Å². The monoisotopic (exact) mass is 230 g/mol. The van der Waals surface area contributed by atoms with E-state index in [2.05, 4.69) is 14.8 Å². The molecule has 1 fully saturated rings. The Morgan fingerprint density at radius 1 is 1.35 bits per heavy atom. The second-order valence-electron chi connectivity index (χ2n) is 5.05. The van der Waals surface area contributed by atoms with Crippen molar-refractivity contribution in [2.45, 2.75) is 38.1 Å². The summed E-state index contributed by atoms with van der Waals surface area (Å²) in [5.41, 5.74) is 0.655. The van der Waals surface area contributed by atoms with E-state index in [9.17, 15) is 4.79 Å². The summed E-state index contributed by atoms with van der Waals surface area (Å²) in [4.78, 5) is 11.9.